The lowest BCUT2D eigenvalue weighted by Crippen LogP contribution is -2.55. The Labute approximate surface area is 173 Å². The molecule has 2 saturated heterocycles. The van der Waals surface area contributed by atoms with E-state index in [2.05, 4.69) is 4.90 Å². The summed E-state index contributed by atoms with van der Waals surface area (Å²) in [6.45, 7) is 4.35. The lowest BCUT2D eigenvalue weighted by Gasteiger charge is -2.44. The Hall–Kier alpha value is -1.64. The molecular weight excluding hydrogens is 390 g/mol. The van der Waals surface area contributed by atoms with Gasteiger partial charge in [0, 0.05) is 51.2 Å². The number of amides is 1. The number of carbonyl (C=O) groups excluding carboxylic acids is 1. The van der Waals surface area contributed by atoms with Gasteiger partial charge in [-0.2, -0.15) is 4.31 Å². The van der Waals surface area contributed by atoms with Gasteiger partial charge < -0.3 is 9.64 Å². The summed E-state index contributed by atoms with van der Waals surface area (Å²) in [4.78, 5) is 17.7. The Balaban J connectivity index is 1.30. The van der Waals surface area contributed by atoms with Gasteiger partial charge in [-0.1, -0.05) is 6.42 Å². The number of hydrogen-bond donors (Lipinski definition) is 0. The van der Waals surface area contributed by atoms with E-state index in [4.69, 9.17) is 4.74 Å². The maximum Gasteiger partial charge on any atom is 0.243 e. The molecule has 1 aliphatic carbocycles. The van der Waals surface area contributed by atoms with Crippen LogP contribution in [0.5, 0.6) is 5.75 Å². The molecule has 0 unspecified atom stereocenters. The number of sulfonamides is 1. The monoisotopic (exact) mass is 421 g/mol. The molecule has 1 aromatic carbocycles. The Bertz CT molecular complexity index is 807. The van der Waals surface area contributed by atoms with E-state index in [-0.39, 0.29) is 16.7 Å². The molecule has 1 aromatic rings. The quantitative estimate of drug-likeness (QED) is 0.725. The van der Waals surface area contributed by atoms with Crippen molar-refractivity contribution in [2.24, 2.45) is 5.92 Å². The second kappa shape index (κ2) is 8.62. The fourth-order valence-corrected chi connectivity index (χ4v) is 6.03. The molecule has 160 valence electrons. The van der Waals surface area contributed by atoms with Crippen LogP contribution in [0.3, 0.4) is 0 Å². The van der Waals surface area contributed by atoms with E-state index >= 15 is 0 Å². The standard InChI is InChI=1S/C21H31N3O4S/c1-28-19-5-7-20(8-6-19)29(26,27)24-11-9-17(10-12-24)21(25)23-15-13-22(14-16-23)18-3-2-4-18/h5-8,17-18H,2-4,9-16H2,1H3. The van der Waals surface area contributed by atoms with Crippen molar-refractivity contribution in [1.29, 1.82) is 0 Å². The molecule has 1 amide bonds. The summed E-state index contributed by atoms with van der Waals surface area (Å²) in [5.74, 6) is 0.776. The predicted octanol–water partition coefficient (Wildman–Crippen LogP) is 1.79. The van der Waals surface area contributed by atoms with E-state index in [9.17, 15) is 13.2 Å². The average Bonchev–Trinajstić information content (AvgIpc) is 2.73. The Morgan fingerprint density at radius 3 is 2.07 bits per heavy atom. The van der Waals surface area contributed by atoms with Crippen LogP contribution in [0.25, 0.3) is 0 Å². The first-order chi connectivity index (χ1) is 14.0. The number of methoxy groups -OCH3 is 1. The van der Waals surface area contributed by atoms with Crippen LogP contribution in [0.1, 0.15) is 32.1 Å². The summed E-state index contributed by atoms with van der Waals surface area (Å²) in [7, 11) is -1.97. The van der Waals surface area contributed by atoms with Gasteiger partial charge >= 0.3 is 0 Å². The Morgan fingerprint density at radius 1 is 0.931 bits per heavy atom. The number of nitrogens with zero attached hydrogens (tertiary/aromatic N) is 3. The van der Waals surface area contributed by atoms with Crippen LogP contribution in [-0.4, -0.2) is 80.9 Å². The van der Waals surface area contributed by atoms with E-state index in [1.165, 1.54) is 23.6 Å². The van der Waals surface area contributed by atoms with Crippen molar-refractivity contribution in [1.82, 2.24) is 14.1 Å². The zero-order valence-electron chi connectivity index (χ0n) is 17.1. The highest BCUT2D eigenvalue weighted by Gasteiger charge is 2.35. The molecule has 7 nitrogen and oxygen atoms in total. The van der Waals surface area contributed by atoms with E-state index < -0.39 is 10.0 Å². The maximum absolute atomic E-state index is 12.9. The largest absolute Gasteiger partial charge is 0.497 e. The molecule has 2 aliphatic heterocycles. The molecule has 29 heavy (non-hydrogen) atoms. The zero-order valence-corrected chi connectivity index (χ0v) is 17.9. The minimum absolute atomic E-state index is 0.0624. The fraction of sp³-hybridized carbons (Fsp3) is 0.667. The molecule has 0 spiro atoms. The number of hydrogen-bond acceptors (Lipinski definition) is 5. The lowest BCUT2D eigenvalue weighted by atomic mass is 9.91. The molecule has 1 saturated carbocycles. The Morgan fingerprint density at radius 2 is 1.55 bits per heavy atom. The number of piperidine rings is 1. The molecule has 3 fully saturated rings. The molecule has 3 aliphatic rings. The van der Waals surface area contributed by atoms with E-state index in [1.807, 2.05) is 4.90 Å². The fourth-order valence-electron chi connectivity index (χ4n) is 4.56. The Kier molecular flexibility index (Phi) is 6.13. The van der Waals surface area contributed by atoms with Crippen molar-refractivity contribution in [3.63, 3.8) is 0 Å². The van der Waals surface area contributed by atoms with Crippen LogP contribution in [0, 0.1) is 5.92 Å². The lowest BCUT2D eigenvalue weighted by molar-refractivity contribution is -0.139. The molecule has 8 heteroatoms. The minimum Gasteiger partial charge on any atom is -0.497 e. The zero-order chi connectivity index (χ0) is 20.4. The summed E-state index contributed by atoms with van der Waals surface area (Å²) in [5, 5.41) is 0. The predicted molar refractivity (Wildman–Crippen MR) is 110 cm³/mol. The summed E-state index contributed by atoms with van der Waals surface area (Å²) >= 11 is 0. The van der Waals surface area contributed by atoms with Crippen molar-refractivity contribution in [3.05, 3.63) is 24.3 Å². The van der Waals surface area contributed by atoms with Crippen LogP contribution >= 0.6 is 0 Å². The third-order valence-corrected chi connectivity index (χ3v) is 8.63. The smallest absolute Gasteiger partial charge is 0.243 e. The maximum atomic E-state index is 12.9. The van der Waals surface area contributed by atoms with Crippen LogP contribution in [0.4, 0.5) is 0 Å². The van der Waals surface area contributed by atoms with Gasteiger partial charge in [-0.15, -0.1) is 0 Å². The first kappa shape index (κ1) is 20.6. The van der Waals surface area contributed by atoms with Crippen molar-refractivity contribution in [2.45, 2.75) is 43.0 Å². The second-order valence-electron chi connectivity index (χ2n) is 8.30. The molecule has 0 N–H and O–H groups in total. The molecule has 0 aromatic heterocycles. The van der Waals surface area contributed by atoms with Gasteiger partial charge in [-0.3, -0.25) is 9.69 Å². The minimum atomic E-state index is -3.53. The van der Waals surface area contributed by atoms with Gasteiger partial charge in [0.1, 0.15) is 5.75 Å². The van der Waals surface area contributed by atoms with Gasteiger partial charge in [0.25, 0.3) is 0 Å². The van der Waals surface area contributed by atoms with Gasteiger partial charge in [0.2, 0.25) is 15.9 Å². The SMILES string of the molecule is COc1ccc(S(=O)(=O)N2CCC(C(=O)N3CCN(C4CCC4)CC3)CC2)cc1. The second-order valence-corrected chi connectivity index (χ2v) is 10.2. The van der Waals surface area contributed by atoms with Crippen LogP contribution in [0.2, 0.25) is 0 Å². The highest BCUT2D eigenvalue weighted by atomic mass is 32.2. The number of piperazine rings is 1. The summed E-state index contributed by atoms with van der Waals surface area (Å²) < 4.78 is 32.4. The number of rotatable bonds is 5. The molecular formula is C21H31N3O4S. The molecule has 0 radical (unpaired) electrons. The first-order valence-corrected chi connectivity index (χ1v) is 12.1. The normalized spacial score (nSPS) is 23.0. The highest BCUT2D eigenvalue weighted by molar-refractivity contribution is 7.89. The summed E-state index contributed by atoms with van der Waals surface area (Å²) in [5.41, 5.74) is 0. The summed E-state index contributed by atoms with van der Waals surface area (Å²) in [6.07, 6.45) is 5.13. The van der Waals surface area contributed by atoms with Crippen molar-refractivity contribution in [2.75, 3.05) is 46.4 Å². The van der Waals surface area contributed by atoms with Gasteiger partial charge in [0.05, 0.1) is 12.0 Å². The number of benzene rings is 1. The third kappa shape index (κ3) is 4.29. The van der Waals surface area contributed by atoms with Crippen molar-refractivity contribution in [3.8, 4) is 5.75 Å². The topological polar surface area (TPSA) is 70.2 Å². The van der Waals surface area contributed by atoms with Crippen LogP contribution < -0.4 is 4.74 Å². The van der Waals surface area contributed by atoms with Crippen LogP contribution in [-0.2, 0) is 14.8 Å². The van der Waals surface area contributed by atoms with E-state index in [0.29, 0.717) is 31.7 Å². The molecule has 0 atom stereocenters. The van der Waals surface area contributed by atoms with Crippen molar-refractivity contribution >= 4 is 15.9 Å². The molecule has 2 heterocycles. The van der Waals surface area contributed by atoms with Crippen LogP contribution in [0.15, 0.2) is 29.2 Å². The third-order valence-electron chi connectivity index (χ3n) is 6.72. The number of ether oxygens (including phenoxy) is 1. The van der Waals surface area contributed by atoms with E-state index in [0.717, 1.165) is 32.2 Å². The van der Waals surface area contributed by atoms with Crippen molar-refractivity contribution < 1.29 is 17.9 Å². The van der Waals surface area contributed by atoms with Gasteiger partial charge in [0.15, 0.2) is 0 Å². The van der Waals surface area contributed by atoms with E-state index in [1.54, 1.807) is 31.4 Å². The number of carbonyl (C=O) groups is 1. The summed E-state index contributed by atoms with van der Waals surface area (Å²) in [6, 6.07) is 7.21. The molecule has 4 rings (SSSR count). The average molecular weight is 422 g/mol. The van der Waals surface area contributed by atoms with Gasteiger partial charge in [-0.25, -0.2) is 8.42 Å². The highest BCUT2D eigenvalue weighted by Crippen LogP contribution is 2.28. The first-order valence-electron chi connectivity index (χ1n) is 10.7. The molecule has 0 bridgehead atoms. The van der Waals surface area contributed by atoms with Gasteiger partial charge in [-0.05, 0) is 49.9 Å².